The first kappa shape index (κ1) is 21.4. The highest BCUT2D eigenvalue weighted by atomic mass is 19.1. The molecule has 1 aliphatic heterocycles. The van der Waals surface area contributed by atoms with Crippen molar-refractivity contribution in [1.82, 2.24) is 10.3 Å². The van der Waals surface area contributed by atoms with Gasteiger partial charge in [-0.15, -0.1) is 0 Å². The van der Waals surface area contributed by atoms with Gasteiger partial charge in [-0.1, -0.05) is 25.1 Å². The van der Waals surface area contributed by atoms with E-state index in [-0.39, 0.29) is 35.2 Å². The third-order valence-corrected chi connectivity index (χ3v) is 4.51. The summed E-state index contributed by atoms with van der Waals surface area (Å²) in [6.45, 7) is 3.44. The van der Waals surface area contributed by atoms with E-state index in [4.69, 9.17) is 20.6 Å². The Balaban J connectivity index is 1.70. The second kappa shape index (κ2) is 9.49. The van der Waals surface area contributed by atoms with Crippen molar-refractivity contribution < 1.29 is 23.0 Å². The third-order valence-electron chi connectivity index (χ3n) is 4.51. The predicted octanol–water partition coefficient (Wildman–Crippen LogP) is 2.76. The molecule has 160 valence electrons. The second-order valence-electron chi connectivity index (χ2n) is 6.82. The van der Waals surface area contributed by atoms with E-state index in [1.807, 2.05) is 12.2 Å². The second-order valence-corrected chi connectivity index (χ2v) is 6.82. The number of aromatic nitrogens is 1. The molecular formula is C20H23F2N5O3. The zero-order valence-electron chi connectivity index (χ0n) is 16.5. The molecule has 10 heteroatoms. The summed E-state index contributed by atoms with van der Waals surface area (Å²) >= 11 is 0. The van der Waals surface area contributed by atoms with Crippen molar-refractivity contribution in [1.29, 1.82) is 5.41 Å². The maximum Gasteiger partial charge on any atom is 0.414 e. The molecule has 0 atom stereocenters. The van der Waals surface area contributed by atoms with E-state index >= 15 is 0 Å². The van der Waals surface area contributed by atoms with Crippen LogP contribution >= 0.6 is 0 Å². The van der Waals surface area contributed by atoms with Crippen LogP contribution < -0.4 is 16.0 Å². The number of carbonyl (C=O) groups excluding carboxylic acids is 1. The molecule has 3 rings (SSSR count). The summed E-state index contributed by atoms with van der Waals surface area (Å²) < 4.78 is 39.9. The Kier molecular flexibility index (Phi) is 6.78. The fourth-order valence-corrected chi connectivity index (χ4v) is 3.02. The number of rotatable bonds is 7. The molecule has 4 N–H and O–H groups in total. The van der Waals surface area contributed by atoms with Gasteiger partial charge in [0.15, 0.2) is 17.6 Å². The number of amides is 1. The summed E-state index contributed by atoms with van der Waals surface area (Å²) in [6, 6.07) is 5.72. The minimum absolute atomic E-state index is 0.0696. The Labute approximate surface area is 172 Å². The standard InChI is InChI=1S/C20H23F2N5O3/c1-2-6-29-14-9-27(10-14)18-16(21)7-13(8-25-18)15-5-3-4-12(17(15)22)11-30-20(28)26-19(23)24/h3-5,7-8,14H,2,6,9-11H2,1H3,(H4,23,24,26,28). The molecule has 1 fully saturated rings. The maximum atomic E-state index is 14.9. The summed E-state index contributed by atoms with van der Waals surface area (Å²) in [5.74, 6) is -1.58. The molecule has 1 aliphatic rings. The monoisotopic (exact) mass is 419 g/mol. The Hall–Kier alpha value is -3.27. The summed E-state index contributed by atoms with van der Waals surface area (Å²) in [4.78, 5) is 17.3. The molecule has 1 amide bonds. The van der Waals surface area contributed by atoms with Gasteiger partial charge in [-0.3, -0.25) is 10.7 Å². The van der Waals surface area contributed by atoms with Crippen LogP contribution in [0, 0.1) is 17.0 Å². The molecule has 0 bridgehead atoms. The van der Waals surface area contributed by atoms with Gasteiger partial charge >= 0.3 is 6.09 Å². The Morgan fingerprint density at radius 3 is 2.83 bits per heavy atom. The molecule has 0 spiro atoms. The number of guanidine groups is 1. The quantitative estimate of drug-likeness (QED) is 0.470. The topological polar surface area (TPSA) is 114 Å². The number of carbonyl (C=O) groups is 1. The summed E-state index contributed by atoms with van der Waals surface area (Å²) in [5.41, 5.74) is 5.52. The van der Waals surface area contributed by atoms with E-state index in [0.29, 0.717) is 19.7 Å². The highest BCUT2D eigenvalue weighted by Crippen LogP contribution is 2.30. The number of hydrogen-bond acceptors (Lipinski definition) is 6. The minimum atomic E-state index is -0.972. The Morgan fingerprint density at radius 2 is 2.17 bits per heavy atom. The first-order valence-corrected chi connectivity index (χ1v) is 9.46. The van der Waals surface area contributed by atoms with Crippen LogP contribution in [0.1, 0.15) is 18.9 Å². The summed E-state index contributed by atoms with van der Waals surface area (Å²) in [5, 5.41) is 8.89. The molecule has 2 heterocycles. The number of ether oxygens (including phenoxy) is 2. The Bertz CT molecular complexity index is 935. The number of halogens is 2. The average molecular weight is 419 g/mol. The Morgan fingerprint density at radius 1 is 1.40 bits per heavy atom. The van der Waals surface area contributed by atoms with Crippen molar-refractivity contribution in [2.75, 3.05) is 24.6 Å². The molecule has 1 saturated heterocycles. The number of benzene rings is 1. The first-order chi connectivity index (χ1) is 14.4. The average Bonchev–Trinajstić information content (AvgIpc) is 2.66. The maximum absolute atomic E-state index is 14.9. The van der Waals surface area contributed by atoms with Gasteiger partial charge < -0.3 is 20.1 Å². The largest absolute Gasteiger partial charge is 0.444 e. The normalized spacial score (nSPS) is 13.6. The molecule has 0 unspecified atom stereocenters. The van der Waals surface area contributed by atoms with Crippen LogP contribution in [0.2, 0.25) is 0 Å². The highest BCUT2D eigenvalue weighted by Gasteiger charge is 2.30. The van der Waals surface area contributed by atoms with Gasteiger partial charge in [-0.2, -0.15) is 0 Å². The first-order valence-electron chi connectivity index (χ1n) is 9.46. The molecular weight excluding hydrogens is 396 g/mol. The van der Waals surface area contributed by atoms with Gasteiger partial charge in [0.05, 0.1) is 6.10 Å². The lowest BCUT2D eigenvalue weighted by Gasteiger charge is -2.39. The number of hydrogen-bond donors (Lipinski definition) is 3. The van der Waals surface area contributed by atoms with Crippen LogP contribution in [0.25, 0.3) is 11.1 Å². The van der Waals surface area contributed by atoms with E-state index < -0.39 is 23.7 Å². The van der Waals surface area contributed by atoms with Gasteiger partial charge in [-0.25, -0.2) is 18.6 Å². The molecule has 0 saturated carbocycles. The van der Waals surface area contributed by atoms with Crippen molar-refractivity contribution >= 4 is 17.9 Å². The van der Waals surface area contributed by atoms with Crippen molar-refractivity contribution in [2.24, 2.45) is 5.73 Å². The van der Waals surface area contributed by atoms with Crippen LogP contribution in [0.5, 0.6) is 0 Å². The van der Waals surface area contributed by atoms with E-state index in [2.05, 4.69) is 4.98 Å². The SMILES string of the molecule is CCCOC1CN(c2ncc(-c3cccc(COC(=O)NC(=N)N)c3F)cc2F)C1. The van der Waals surface area contributed by atoms with Crippen LogP contribution in [0.3, 0.4) is 0 Å². The zero-order chi connectivity index (χ0) is 21.7. The summed E-state index contributed by atoms with van der Waals surface area (Å²) in [6.07, 6.45) is 1.43. The van der Waals surface area contributed by atoms with Crippen LogP contribution in [-0.2, 0) is 16.1 Å². The van der Waals surface area contributed by atoms with Gasteiger partial charge in [0, 0.05) is 42.6 Å². The highest BCUT2D eigenvalue weighted by molar-refractivity contribution is 5.90. The smallest absolute Gasteiger partial charge is 0.414 e. The lowest BCUT2D eigenvalue weighted by molar-refractivity contribution is 0.0341. The number of alkyl carbamates (subject to hydrolysis) is 1. The minimum Gasteiger partial charge on any atom is -0.444 e. The van der Waals surface area contributed by atoms with Gasteiger partial charge in [0.2, 0.25) is 0 Å². The van der Waals surface area contributed by atoms with Crippen LogP contribution in [0.15, 0.2) is 30.5 Å². The number of nitrogens with one attached hydrogen (secondary N) is 2. The third kappa shape index (κ3) is 5.01. The molecule has 0 aliphatic carbocycles. The fraction of sp³-hybridized carbons (Fsp3) is 0.350. The molecule has 8 nitrogen and oxygen atoms in total. The fourth-order valence-electron chi connectivity index (χ4n) is 3.02. The number of nitrogens with zero attached hydrogens (tertiary/aromatic N) is 2. The van der Waals surface area contributed by atoms with Crippen LogP contribution in [0.4, 0.5) is 19.4 Å². The zero-order valence-corrected chi connectivity index (χ0v) is 16.5. The van der Waals surface area contributed by atoms with Crippen molar-refractivity contribution in [3.8, 4) is 11.1 Å². The van der Waals surface area contributed by atoms with Crippen LogP contribution in [-0.4, -0.2) is 42.8 Å². The van der Waals surface area contributed by atoms with Crippen molar-refractivity contribution in [2.45, 2.75) is 26.1 Å². The predicted molar refractivity (Wildman–Crippen MR) is 107 cm³/mol. The van der Waals surface area contributed by atoms with E-state index in [1.54, 1.807) is 11.0 Å². The molecule has 30 heavy (non-hydrogen) atoms. The van der Waals surface area contributed by atoms with Gasteiger partial charge in [0.1, 0.15) is 12.4 Å². The van der Waals surface area contributed by atoms with Gasteiger partial charge in [0.25, 0.3) is 0 Å². The van der Waals surface area contributed by atoms with E-state index in [0.717, 1.165) is 6.42 Å². The molecule has 0 radical (unpaired) electrons. The molecule has 2 aromatic rings. The molecule has 1 aromatic heterocycles. The van der Waals surface area contributed by atoms with E-state index in [9.17, 15) is 13.6 Å². The van der Waals surface area contributed by atoms with Crippen molar-refractivity contribution in [3.05, 3.63) is 47.7 Å². The molecule has 1 aromatic carbocycles. The van der Waals surface area contributed by atoms with Gasteiger partial charge in [-0.05, 0) is 12.5 Å². The summed E-state index contributed by atoms with van der Waals surface area (Å²) in [7, 11) is 0. The van der Waals surface area contributed by atoms with Crippen molar-refractivity contribution in [3.63, 3.8) is 0 Å². The lowest BCUT2D eigenvalue weighted by Crippen LogP contribution is -2.53. The number of nitrogens with two attached hydrogens (primary N) is 1. The lowest BCUT2D eigenvalue weighted by atomic mass is 10.0. The van der Waals surface area contributed by atoms with E-state index in [1.165, 1.54) is 24.4 Å². The number of anilines is 1. The number of pyridine rings is 1.